The number of fused-ring (bicyclic) bond motifs is 2. The molecule has 0 bridgehead atoms. The maximum atomic E-state index is 15.2. The lowest BCUT2D eigenvalue weighted by atomic mass is 9.75. The molecule has 0 spiro atoms. The van der Waals surface area contributed by atoms with E-state index < -0.39 is 131 Å². The topological polar surface area (TPSA) is 105 Å². The molecule has 2 heterocycles. The van der Waals surface area contributed by atoms with Gasteiger partial charge in [0.1, 0.15) is 60.6 Å². The van der Waals surface area contributed by atoms with Crippen molar-refractivity contribution in [1.29, 1.82) is 0 Å². The number of carbonyl (C=O) groups is 4. The number of esters is 4. The second-order valence-electron chi connectivity index (χ2n) is 10.2. The summed E-state index contributed by atoms with van der Waals surface area (Å²) < 4.78 is 109. The van der Waals surface area contributed by atoms with Gasteiger partial charge in [0, 0.05) is 0 Å². The molecule has 2 saturated heterocycles. The van der Waals surface area contributed by atoms with Crippen molar-refractivity contribution < 1.29 is 64.5 Å². The molecule has 0 aromatic rings. The molecular weight excluding hydrogens is 648 g/mol. The summed E-state index contributed by atoms with van der Waals surface area (Å²) >= 11 is 25.2. The van der Waals surface area contributed by atoms with Crippen molar-refractivity contribution in [1.82, 2.24) is 0 Å². The highest BCUT2D eigenvalue weighted by Crippen LogP contribution is 2.48. The smallest absolute Gasteiger partial charge is 0.320 e. The van der Waals surface area contributed by atoms with Gasteiger partial charge in [-0.15, -0.1) is 46.4 Å². The summed E-state index contributed by atoms with van der Waals surface area (Å²) in [5.41, 5.74) is 0. The van der Waals surface area contributed by atoms with Crippen molar-refractivity contribution in [3.05, 3.63) is 0 Å². The van der Waals surface area contributed by atoms with Crippen molar-refractivity contribution in [3.63, 3.8) is 0 Å². The van der Waals surface area contributed by atoms with Gasteiger partial charge < -0.3 is 18.9 Å². The third-order valence-corrected chi connectivity index (χ3v) is 10.3. The van der Waals surface area contributed by atoms with Crippen LogP contribution in [0, 0.1) is 23.7 Å². The van der Waals surface area contributed by atoms with E-state index in [0.717, 1.165) is 0 Å². The molecule has 18 heteroatoms. The standard InChI is InChI=1S/C22H18Cl4F6O8/c23-5-7(25)16(38-18-12(30)4-2(10(28)14(18)32)20(34)40-22(4)36)8(26)6(24)15(5)37-17-11(29)3-1(9(27)13(17)31)19(33)39-21(3)35/h1-18H. The Labute approximate surface area is 241 Å². The molecule has 0 aromatic heterocycles. The number of rotatable bonds is 4. The van der Waals surface area contributed by atoms with E-state index in [9.17, 15) is 36.7 Å². The van der Waals surface area contributed by atoms with Crippen LogP contribution in [0.3, 0.4) is 0 Å². The van der Waals surface area contributed by atoms with Gasteiger partial charge in [0.2, 0.25) is 0 Å². The lowest BCUT2D eigenvalue weighted by molar-refractivity contribution is -0.181. The lowest BCUT2D eigenvalue weighted by Gasteiger charge is -2.47. The molecule has 0 radical (unpaired) electrons. The van der Waals surface area contributed by atoms with E-state index in [2.05, 4.69) is 9.47 Å². The molecule has 5 aliphatic rings. The largest absolute Gasteiger partial charge is 0.393 e. The summed E-state index contributed by atoms with van der Waals surface area (Å²) in [5.74, 6) is -13.7. The van der Waals surface area contributed by atoms with Gasteiger partial charge in [-0.25, -0.2) is 26.3 Å². The van der Waals surface area contributed by atoms with E-state index in [0.29, 0.717) is 0 Å². The number of hydrogen-bond donors (Lipinski definition) is 0. The van der Waals surface area contributed by atoms with Crippen LogP contribution in [0.15, 0.2) is 0 Å². The van der Waals surface area contributed by atoms with Crippen LogP contribution in [0.2, 0.25) is 0 Å². The Kier molecular flexibility index (Phi) is 8.28. The zero-order valence-corrected chi connectivity index (χ0v) is 22.5. The Bertz CT molecular complexity index is 996. The third-order valence-electron chi connectivity index (χ3n) is 7.99. The van der Waals surface area contributed by atoms with Crippen molar-refractivity contribution >= 4 is 70.3 Å². The molecule has 0 N–H and O–H groups in total. The van der Waals surface area contributed by atoms with Crippen LogP contribution < -0.4 is 0 Å². The number of alkyl halides is 10. The molecule has 5 rings (SSSR count). The summed E-state index contributed by atoms with van der Waals surface area (Å²) in [4.78, 5) is 47.2. The molecule has 5 fully saturated rings. The summed E-state index contributed by atoms with van der Waals surface area (Å²) in [5, 5.41) is -6.32. The molecule has 16 unspecified atom stereocenters. The molecule has 0 aromatic carbocycles. The second-order valence-corrected chi connectivity index (χ2v) is 12.2. The molecule has 8 nitrogen and oxygen atoms in total. The monoisotopic (exact) mass is 664 g/mol. The van der Waals surface area contributed by atoms with Crippen LogP contribution in [0.25, 0.3) is 0 Å². The van der Waals surface area contributed by atoms with Gasteiger partial charge in [-0.3, -0.25) is 19.2 Å². The highest BCUT2D eigenvalue weighted by atomic mass is 35.5. The third kappa shape index (κ3) is 4.50. The quantitative estimate of drug-likeness (QED) is 0.195. The Morgan fingerprint density at radius 1 is 0.425 bits per heavy atom. The lowest BCUT2D eigenvalue weighted by Crippen LogP contribution is -2.64. The Morgan fingerprint density at radius 3 is 0.950 bits per heavy atom. The number of hydrogen-bond acceptors (Lipinski definition) is 8. The number of ether oxygens (including phenoxy) is 4. The predicted octanol–water partition coefficient (Wildman–Crippen LogP) is 2.62. The van der Waals surface area contributed by atoms with Gasteiger partial charge in [0.25, 0.3) is 0 Å². The zero-order valence-electron chi connectivity index (χ0n) is 19.4. The summed E-state index contributed by atoms with van der Waals surface area (Å²) in [6.45, 7) is 0. The molecular formula is C22H18Cl4F6O8. The first-order valence-electron chi connectivity index (χ1n) is 11.9. The molecule has 3 aliphatic carbocycles. The minimum Gasteiger partial charge on any atom is -0.393 e. The molecule has 16 atom stereocenters. The van der Waals surface area contributed by atoms with E-state index in [4.69, 9.17) is 55.9 Å². The average Bonchev–Trinajstić information content (AvgIpc) is 3.37. The summed E-state index contributed by atoms with van der Waals surface area (Å²) in [6, 6.07) is 0. The van der Waals surface area contributed by atoms with E-state index >= 15 is 8.78 Å². The Balaban J connectivity index is 1.33. The van der Waals surface area contributed by atoms with Crippen molar-refractivity contribution in [3.8, 4) is 0 Å². The fraction of sp³-hybridized carbons (Fsp3) is 0.818. The molecule has 3 saturated carbocycles. The van der Waals surface area contributed by atoms with Crippen molar-refractivity contribution in [2.24, 2.45) is 23.7 Å². The van der Waals surface area contributed by atoms with E-state index in [1.807, 2.05) is 0 Å². The first-order chi connectivity index (χ1) is 18.7. The normalized spacial score (nSPS) is 54.5. The molecule has 2 aliphatic heterocycles. The zero-order chi connectivity index (χ0) is 29.5. The number of carbonyl (C=O) groups excluding carboxylic acids is 4. The van der Waals surface area contributed by atoms with Crippen LogP contribution in [0.4, 0.5) is 26.3 Å². The van der Waals surface area contributed by atoms with Crippen LogP contribution in [0.1, 0.15) is 0 Å². The Morgan fingerprint density at radius 2 is 0.675 bits per heavy atom. The fourth-order valence-corrected chi connectivity index (χ4v) is 7.51. The van der Waals surface area contributed by atoms with Gasteiger partial charge in [-0.05, 0) is 0 Å². The molecule has 224 valence electrons. The average molecular weight is 666 g/mol. The SMILES string of the molecule is O=C1OC(=O)C2C(F)C(OC3C(Cl)C(Cl)C(OC4C(F)C(F)C5C(=O)OC(=O)C5C4F)C(Cl)C3Cl)C(F)C(F)C12. The minimum absolute atomic E-state index is 1.41. The van der Waals surface area contributed by atoms with E-state index in [1.54, 1.807) is 0 Å². The van der Waals surface area contributed by atoms with Crippen LogP contribution in [-0.4, -0.2) is 107 Å². The van der Waals surface area contributed by atoms with Gasteiger partial charge in [-0.2, -0.15) is 0 Å². The Hall–Kier alpha value is -1.06. The number of cyclic esters (lactones) is 4. The van der Waals surface area contributed by atoms with Crippen molar-refractivity contribution in [2.45, 2.75) is 83.0 Å². The summed E-state index contributed by atoms with van der Waals surface area (Å²) in [7, 11) is 0. The van der Waals surface area contributed by atoms with Gasteiger partial charge in [0.15, 0.2) is 12.3 Å². The van der Waals surface area contributed by atoms with Crippen molar-refractivity contribution in [2.75, 3.05) is 0 Å². The van der Waals surface area contributed by atoms with Gasteiger partial charge in [0.05, 0.1) is 33.7 Å². The van der Waals surface area contributed by atoms with Gasteiger partial charge in [-0.1, -0.05) is 0 Å². The maximum Gasteiger partial charge on any atom is 0.320 e. The van der Waals surface area contributed by atoms with E-state index in [1.165, 1.54) is 0 Å². The highest BCUT2D eigenvalue weighted by molar-refractivity contribution is 6.35. The molecule has 0 amide bonds. The number of halogens is 10. The molecule has 40 heavy (non-hydrogen) atoms. The fourth-order valence-electron chi connectivity index (χ4n) is 5.93. The van der Waals surface area contributed by atoms with Gasteiger partial charge >= 0.3 is 23.9 Å². The second kappa shape index (κ2) is 10.9. The van der Waals surface area contributed by atoms with Crippen LogP contribution in [0.5, 0.6) is 0 Å². The summed E-state index contributed by atoms with van der Waals surface area (Å²) in [6.07, 6.45) is -24.0. The van der Waals surface area contributed by atoms with E-state index in [-0.39, 0.29) is 0 Å². The predicted molar refractivity (Wildman–Crippen MR) is 121 cm³/mol. The first-order valence-corrected chi connectivity index (χ1v) is 13.7. The van der Waals surface area contributed by atoms with Crippen LogP contribution in [-0.2, 0) is 38.1 Å². The minimum atomic E-state index is -2.77. The highest BCUT2D eigenvalue weighted by Gasteiger charge is 2.66. The van der Waals surface area contributed by atoms with Crippen LogP contribution >= 0.6 is 46.4 Å². The maximum absolute atomic E-state index is 15.2. The first kappa shape index (κ1) is 30.4.